The number of rotatable bonds is 4. The van der Waals surface area contributed by atoms with Crippen LogP contribution in [-0.2, 0) is 17.1 Å². The minimum absolute atomic E-state index is 0.0321. The molecule has 2 heterocycles. The maximum Gasteiger partial charge on any atom is 0.282 e. The van der Waals surface area contributed by atoms with Crippen LogP contribution in [0, 0.1) is 0 Å². The summed E-state index contributed by atoms with van der Waals surface area (Å²) in [6.07, 6.45) is 1.68. The highest BCUT2D eigenvalue weighted by atomic mass is 35.5. The topological polar surface area (TPSA) is 80.2 Å². The zero-order chi connectivity index (χ0) is 14.0. The van der Waals surface area contributed by atoms with Gasteiger partial charge in [-0.15, -0.1) is 16.2 Å². The van der Waals surface area contributed by atoms with Gasteiger partial charge < -0.3 is 4.57 Å². The summed E-state index contributed by atoms with van der Waals surface area (Å²) < 4.78 is 25.6. The molecule has 0 bridgehead atoms. The van der Waals surface area contributed by atoms with Crippen LogP contribution in [0.4, 0.5) is 0 Å². The number of carbonyl (C=O) groups is 1. The molecule has 102 valence electrons. The van der Waals surface area contributed by atoms with Crippen molar-refractivity contribution in [2.24, 2.45) is 7.05 Å². The van der Waals surface area contributed by atoms with Gasteiger partial charge in [0.2, 0.25) is 0 Å². The fourth-order valence-corrected chi connectivity index (χ4v) is 3.69. The fourth-order valence-electron chi connectivity index (χ4n) is 1.37. The van der Waals surface area contributed by atoms with E-state index < -0.39 is 15.9 Å². The smallest absolute Gasteiger partial charge is 0.282 e. The van der Waals surface area contributed by atoms with Crippen LogP contribution in [0.1, 0.15) is 10.5 Å². The third kappa shape index (κ3) is 3.16. The number of hydrogen-bond donors (Lipinski definition) is 2. The van der Waals surface area contributed by atoms with Gasteiger partial charge in [-0.2, -0.15) is 0 Å². The average molecular weight is 320 g/mol. The molecule has 0 saturated heterocycles. The molecule has 0 spiro atoms. The van der Waals surface area contributed by atoms with E-state index in [1.54, 1.807) is 29.9 Å². The van der Waals surface area contributed by atoms with Crippen LogP contribution in [0.5, 0.6) is 0 Å². The van der Waals surface area contributed by atoms with Gasteiger partial charge in [-0.1, -0.05) is 11.6 Å². The Kier molecular flexibility index (Phi) is 3.95. The van der Waals surface area contributed by atoms with E-state index in [-0.39, 0.29) is 4.21 Å². The molecule has 0 aliphatic rings. The second-order valence-electron chi connectivity index (χ2n) is 3.62. The minimum Gasteiger partial charge on any atom is -0.347 e. The van der Waals surface area contributed by atoms with Crippen molar-refractivity contribution in [3.63, 3.8) is 0 Å². The second-order valence-corrected chi connectivity index (χ2v) is 7.25. The molecule has 0 atom stereocenters. The van der Waals surface area contributed by atoms with Crippen LogP contribution in [0.15, 0.2) is 34.7 Å². The predicted molar refractivity (Wildman–Crippen MR) is 72.5 cm³/mol. The van der Waals surface area contributed by atoms with E-state index in [2.05, 4.69) is 5.43 Å². The normalized spacial score (nSPS) is 11.5. The molecule has 2 aromatic rings. The number of halogens is 1. The number of aryl methyl sites for hydroxylation is 1. The van der Waals surface area contributed by atoms with Crippen molar-refractivity contribution < 1.29 is 13.2 Å². The summed E-state index contributed by atoms with van der Waals surface area (Å²) in [5.41, 5.74) is 2.48. The van der Waals surface area contributed by atoms with Gasteiger partial charge in [-0.25, -0.2) is 8.42 Å². The lowest BCUT2D eigenvalue weighted by atomic mass is 10.4. The Morgan fingerprint density at radius 2 is 2.11 bits per heavy atom. The number of carbonyl (C=O) groups excluding carboxylic acids is 1. The molecule has 9 heteroatoms. The van der Waals surface area contributed by atoms with Crippen molar-refractivity contribution in [1.29, 1.82) is 0 Å². The Labute approximate surface area is 119 Å². The van der Waals surface area contributed by atoms with Crippen molar-refractivity contribution in [2.45, 2.75) is 4.21 Å². The van der Waals surface area contributed by atoms with Crippen LogP contribution >= 0.6 is 22.9 Å². The summed E-state index contributed by atoms with van der Waals surface area (Å²) in [7, 11) is -2.11. The van der Waals surface area contributed by atoms with Crippen LogP contribution in [0.25, 0.3) is 0 Å². The van der Waals surface area contributed by atoms with Crippen LogP contribution in [0.3, 0.4) is 0 Å². The van der Waals surface area contributed by atoms with Crippen LogP contribution in [0.2, 0.25) is 4.34 Å². The molecule has 1 amide bonds. The summed E-state index contributed by atoms with van der Waals surface area (Å²) >= 11 is 6.57. The lowest BCUT2D eigenvalue weighted by molar-refractivity contribution is 0.0937. The monoisotopic (exact) mass is 319 g/mol. The van der Waals surface area contributed by atoms with Crippen molar-refractivity contribution in [3.05, 3.63) is 40.5 Å². The molecule has 2 aromatic heterocycles. The van der Waals surface area contributed by atoms with Gasteiger partial charge in [0, 0.05) is 13.2 Å². The molecule has 0 aliphatic heterocycles. The van der Waals surface area contributed by atoms with Gasteiger partial charge in [0.05, 0.1) is 4.34 Å². The van der Waals surface area contributed by atoms with E-state index in [0.29, 0.717) is 10.0 Å². The largest absolute Gasteiger partial charge is 0.347 e. The molecule has 0 unspecified atom stereocenters. The Balaban J connectivity index is 2.07. The van der Waals surface area contributed by atoms with Crippen molar-refractivity contribution in [3.8, 4) is 0 Å². The van der Waals surface area contributed by atoms with E-state index in [1.807, 2.05) is 4.83 Å². The number of sulfonamides is 1. The quantitative estimate of drug-likeness (QED) is 0.835. The van der Waals surface area contributed by atoms with Gasteiger partial charge in [0.25, 0.3) is 15.9 Å². The second kappa shape index (κ2) is 5.33. The van der Waals surface area contributed by atoms with Gasteiger partial charge >= 0.3 is 0 Å². The van der Waals surface area contributed by atoms with Crippen molar-refractivity contribution in [2.75, 3.05) is 0 Å². The van der Waals surface area contributed by atoms with E-state index in [1.165, 1.54) is 12.1 Å². The molecule has 6 nitrogen and oxygen atoms in total. The van der Waals surface area contributed by atoms with E-state index in [0.717, 1.165) is 11.3 Å². The number of hydrogen-bond acceptors (Lipinski definition) is 4. The standard InChI is InChI=1S/C10H10ClN3O3S2/c1-14-6-2-3-7(14)10(15)12-13-19(16,17)9-5-4-8(11)18-9/h2-6,13H,1H3,(H,12,15). The van der Waals surface area contributed by atoms with Crippen molar-refractivity contribution >= 4 is 38.9 Å². The molecule has 0 fully saturated rings. The van der Waals surface area contributed by atoms with Crippen molar-refractivity contribution in [1.82, 2.24) is 14.8 Å². The summed E-state index contributed by atoms with van der Waals surface area (Å²) in [4.78, 5) is 13.7. The highest BCUT2D eigenvalue weighted by Gasteiger charge is 2.18. The molecule has 19 heavy (non-hydrogen) atoms. The highest BCUT2D eigenvalue weighted by molar-refractivity contribution is 7.91. The predicted octanol–water partition coefficient (Wildman–Crippen LogP) is 1.36. The van der Waals surface area contributed by atoms with Crippen LogP contribution < -0.4 is 10.3 Å². The maximum atomic E-state index is 11.8. The van der Waals surface area contributed by atoms with Gasteiger partial charge in [0.15, 0.2) is 0 Å². The fraction of sp³-hybridized carbons (Fsp3) is 0.100. The summed E-state index contributed by atoms with van der Waals surface area (Å²) in [5, 5.41) is 0. The minimum atomic E-state index is -3.80. The molecule has 0 saturated carbocycles. The summed E-state index contributed by atoms with van der Waals surface area (Å²) in [6, 6.07) is 6.10. The number of nitrogens with zero attached hydrogens (tertiary/aromatic N) is 1. The first-order chi connectivity index (χ1) is 8.90. The summed E-state index contributed by atoms with van der Waals surface area (Å²) in [6.45, 7) is 0. The molecule has 2 rings (SSSR count). The van der Waals surface area contributed by atoms with E-state index in [4.69, 9.17) is 11.6 Å². The SMILES string of the molecule is Cn1cccc1C(=O)NNS(=O)(=O)c1ccc(Cl)s1. The number of aromatic nitrogens is 1. The molecule has 0 radical (unpaired) electrons. The average Bonchev–Trinajstić information content (AvgIpc) is 2.95. The van der Waals surface area contributed by atoms with Gasteiger partial charge in [-0.3, -0.25) is 10.2 Å². The maximum absolute atomic E-state index is 11.8. The third-order valence-corrected chi connectivity index (χ3v) is 5.26. The Morgan fingerprint density at radius 3 is 2.63 bits per heavy atom. The zero-order valence-electron chi connectivity index (χ0n) is 9.75. The lowest BCUT2D eigenvalue weighted by Gasteiger charge is -2.07. The first-order valence-corrected chi connectivity index (χ1v) is 7.77. The molecule has 0 aliphatic carbocycles. The zero-order valence-corrected chi connectivity index (χ0v) is 12.1. The molecular formula is C10H10ClN3O3S2. The third-order valence-electron chi connectivity index (χ3n) is 2.29. The molecule has 0 aromatic carbocycles. The van der Waals surface area contributed by atoms with Gasteiger partial charge in [0.1, 0.15) is 9.90 Å². The highest BCUT2D eigenvalue weighted by Crippen LogP contribution is 2.24. The Hall–Kier alpha value is -1.35. The number of hydrazine groups is 1. The van der Waals surface area contributed by atoms with E-state index in [9.17, 15) is 13.2 Å². The van der Waals surface area contributed by atoms with E-state index >= 15 is 0 Å². The van der Waals surface area contributed by atoms with Gasteiger partial charge in [-0.05, 0) is 24.3 Å². The summed E-state index contributed by atoms with van der Waals surface area (Å²) in [5.74, 6) is -0.543. The number of nitrogens with one attached hydrogen (secondary N) is 2. The number of thiophene rings is 1. The molecule has 2 N–H and O–H groups in total. The lowest BCUT2D eigenvalue weighted by Crippen LogP contribution is -2.41. The Morgan fingerprint density at radius 1 is 1.37 bits per heavy atom. The Bertz CT molecular complexity index is 705. The number of amides is 1. The molecular weight excluding hydrogens is 310 g/mol. The first-order valence-electron chi connectivity index (χ1n) is 5.09. The first kappa shape index (κ1) is 14.1. The van der Waals surface area contributed by atoms with Crippen LogP contribution in [-0.4, -0.2) is 18.9 Å².